The summed E-state index contributed by atoms with van der Waals surface area (Å²) in [6, 6.07) is 15.5. The molecule has 2 heterocycles. The number of barbiturate groups is 1. The van der Waals surface area contributed by atoms with Crippen molar-refractivity contribution in [3.63, 3.8) is 0 Å². The van der Waals surface area contributed by atoms with Crippen LogP contribution in [0.2, 0.25) is 0 Å². The minimum Gasteiger partial charge on any atom is -0.492 e. The topological polar surface area (TPSA) is 115 Å². The van der Waals surface area contributed by atoms with Crippen LogP contribution in [0.4, 0.5) is 10.5 Å². The predicted octanol–water partition coefficient (Wildman–Crippen LogP) is 3.80. The SMILES string of the molecule is CCOc1ccccc1N1C(=O)NC(=O)/C(=C\c2ccc(-c3ccc(C(=O)OC)cc3)o2)C1=O. The van der Waals surface area contributed by atoms with E-state index in [-0.39, 0.29) is 17.0 Å². The monoisotopic (exact) mass is 460 g/mol. The standard InChI is InChI=1S/C25H20N2O7/c1-3-33-21-7-5-4-6-19(21)27-23(29)18(22(28)26-25(27)31)14-17-12-13-20(34-17)15-8-10-16(11-9-15)24(30)32-2/h4-14H,3H2,1-2H3,(H,26,28,31)/b18-14+. The molecular formula is C25H20N2O7. The maximum Gasteiger partial charge on any atom is 0.337 e. The lowest BCUT2D eigenvalue weighted by molar-refractivity contribution is -0.122. The molecule has 34 heavy (non-hydrogen) atoms. The van der Waals surface area contributed by atoms with E-state index < -0.39 is 23.8 Å². The molecule has 1 saturated heterocycles. The molecule has 4 amide bonds. The van der Waals surface area contributed by atoms with E-state index in [1.54, 1.807) is 67.6 Å². The van der Waals surface area contributed by atoms with Gasteiger partial charge in [0.1, 0.15) is 22.8 Å². The molecule has 1 fully saturated rings. The highest BCUT2D eigenvalue weighted by molar-refractivity contribution is 6.39. The average Bonchev–Trinajstić information content (AvgIpc) is 3.31. The summed E-state index contributed by atoms with van der Waals surface area (Å²) in [5.74, 6) is -1.07. The average molecular weight is 460 g/mol. The number of nitrogens with one attached hydrogen (secondary N) is 1. The largest absolute Gasteiger partial charge is 0.492 e. The molecule has 1 aliphatic heterocycles. The Bertz CT molecular complexity index is 1300. The predicted molar refractivity (Wildman–Crippen MR) is 122 cm³/mol. The van der Waals surface area contributed by atoms with Crippen LogP contribution in [-0.2, 0) is 14.3 Å². The fourth-order valence-electron chi connectivity index (χ4n) is 3.41. The Labute approximate surface area is 194 Å². The summed E-state index contributed by atoms with van der Waals surface area (Å²) in [5.41, 5.74) is 1.02. The van der Waals surface area contributed by atoms with Crippen molar-refractivity contribution in [1.29, 1.82) is 0 Å². The van der Waals surface area contributed by atoms with Gasteiger partial charge in [0, 0.05) is 5.56 Å². The number of benzene rings is 2. The second-order valence-corrected chi connectivity index (χ2v) is 7.13. The van der Waals surface area contributed by atoms with Crippen molar-refractivity contribution in [2.24, 2.45) is 0 Å². The Morgan fingerprint density at radius 1 is 1.03 bits per heavy atom. The number of methoxy groups -OCH3 is 1. The number of ether oxygens (including phenoxy) is 2. The van der Waals surface area contributed by atoms with Crippen LogP contribution < -0.4 is 15.0 Å². The van der Waals surface area contributed by atoms with E-state index in [1.807, 2.05) is 0 Å². The molecule has 9 nitrogen and oxygen atoms in total. The Morgan fingerprint density at radius 3 is 2.47 bits per heavy atom. The van der Waals surface area contributed by atoms with E-state index in [2.05, 4.69) is 10.1 Å². The van der Waals surface area contributed by atoms with Gasteiger partial charge in [0.05, 0.1) is 25.0 Å². The number of furan rings is 1. The first kappa shape index (κ1) is 22.5. The van der Waals surface area contributed by atoms with Crippen molar-refractivity contribution in [3.8, 4) is 17.1 Å². The molecule has 9 heteroatoms. The first-order valence-electron chi connectivity index (χ1n) is 10.3. The van der Waals surface area contributed by atoms with Crippen molar-refractivity contribution in [2.45, 2.75) is 6.92 Å². The zero-order chi connectivity index (χ0) is 24.2. The lowest BCUT2D eigenvalue weighted by Crippen LogP contribution is -2.54. The van der Waals surface area contributed by atoms with Gasteiger partial charge in [0.2, 0.25) is 0 Å². The van der Waals surface area contributed by atoms with Gasteiger partial charge in [-0.25, -0.2) is 14.5 Å². The van der Waals surface area contributed by atoms with E-state index in [0.717, 1.165) is 4.90 Å². The Hall–Kier alpha value is -4.66. The summed E-state index contributed by atoms with van der Waals surface area (Å²) in [6.07, 6.45) is 1.27. The highest BCUT2D eigenvalue weighted by Gasteiger charge is 2.38. The summed E-state index contributed by atoms with van der Waals surface area (Å²) >= 11 is 0. The van der Waals surface area contributed by atoms with Gasteiger partial charge in [0.25, 0.3) is 11.8 Å². The first-order chi connectivity index (χ1) is 16.4. The normalized spacial score (nSPS) is 14.8. The van der Waals surface area contributed by atoms with Crippen LogP contribution in [0.25, 0.3) is 17.4 Å². The van der Waals surface area contributed by atoms with Gasteiger partial charge in [-0.1, -0.05) is 24.3 Å². The molecule has 0 bridgehead atoms. The number of carbonyl (C=O) groups excluding carboxylic acids is 4. The number of para-hydroxylation sites is 2. The van der Waals surface area contributed by atoms with Crippen molar-refractivity contribution in [2.75, 3.05) is 18.6 Å². The molecule has 0 spiro atoms. The third kappa shape index (κ3) is 4.31. The van der Waals surface area contributed by atoms with Gasteiger partial charge < -0.3 is 13.9 Å². The summed E-state index contributed by atoms with van der Waals surface area (Å²) in [4.78, 5) is 50.5. The van der Waals surface area contributed by atoms with Crippen LogP contribution >= 0.6 is 0 Å². The number of urea groups is 1. The third-order valence-corrected chi connectivity index (χ3v) is 5.01. The maximum absolute atomic E-state index is 13.1. The van der Waals surface area contributed by atoms with Crippen LogP contribution in [0, 0.1) is 0 Å². The summed E-state index contributed by atoms with van der Waals surface area (Å²) in [6.45, 7) is 2.11. The van der Waals surface area contributed by atoms with Crippen LogP contribution in [-0.4, -0.2) is 37.5 Å². The van der Waals surface area contributed by atoms with Crippen molar-refractivity contribution in [1.82, 2.24) is 5.32 Å². The molecule has 0 atom stereocenters. The fourth-order valence-corrected chi connectivity index (χ4v) is 3.41. The van der Waals surface area contributed by atoms with Crippen LogP contribution in [0.15, 0.2) is 70.7 Å². The van der Waals surface area contributed by atoms with Gasteiger partial charge >= 0.3 is 12.0 Å². The zero-order valence-corrected chi connectivity index (χ0v) is 18.4. The van der Waals surface area contributed by atoms with Gasteiger partial charge in [-0.2, -0.15) is 0 Å². The molecule has 0 saturated carbocycles. The molecule has 172 valence electrons. The van der Waals surface area contributed by atoms with E-state index in [4.69, 9.17) is 9.15 Å². The second-order valence-electron chi connectivity index (χ2n) is 7.13. The molecule has 1 aromatic heterocycles. The second kappa shape index (κ2) is 9.45. The minimum absolute atomic E-state index is 0.219. The smallest absolute Gasteiger partial charge is 0.337 e. The van der Waals surface area contributed by atoms with Crippen LogP contribution in [0.1, 0.15) is 23.0 Å². The number of hydrogen-bond donors (Lipinski definition) is 1. The zero-order valence-electron chi connectivity index (χ0n) is 18.4. The van der Waals surface area contributed by atoms with Gasteiger partial charge in [0.15, 0.2) is 0 Å². The molecule has 1 aliphatic rings. The highest BCUT2D eigenvalue weighted by atomic mass is 16.5. The molecule has 4 rings (SSSR count). The van der Waals surface area contributed by atoms with Crippen LogP contribution in [0.3, 0.4) is 0 Å². The van der Waals surface area contributed by atoms with Crippen LogP contribution in [0.5, 0.6) is 5.75 Å². The molecule has 0 aliphatic carbocycles. The lowest BCUT2D eigenvalue weighted by Gasteiger charge is -2.27. The molecule has 0 unspecified atom stereocenters. The van der Waals surface area contributed by atoms with Crippen molar-refractivity contribution < 1.29 is 33.1 Å². The fraction of sp³-hybridized carbons (Fsp3) is 0.120. The van der Waals surface area contributed by atoms with Crippen molar-refractivity contribution in [3.05, 3.63) is 77.6 Å². The lowest BCUT2D eigenvalue weighted by atomic mass is 10.1. The van der Waals surface area contributed by atoms with E-state index >= 15 is 0 Å². The molecular weight excluding hydrogens is 440 g/mol. The van der Waals surface area contributed by atoms with E-state index in [9.17, 15) is 19.2 Å². The minimum atomic E-state index is -0.870. The molecule has 1 N–H and O–H groups in total. The van der Waals surface area contributed by atoms with Gasteiger partial charge in [-0.15, -0.1) is 0 Å². The summed E-state index contributed by atoms with van der Waals surface area (Å²) in [7, 11) is 1.30. The number of amides is 4. The number of hydrogen-bond acceptors (Lipinski definition) is 7. The van der Waals surface area contributed by atoms with Gasteiger partial charge in [-0.3, -0.25) is 14.9 Å². The number of nitrogens with zero attached hydrogens (tertiary/aromatic N) is 1. The maximum atomic E-state index is 13.1. The Morgan fingerprint density at radius 2 is 1.76 bits per heavy atom. The molecule has 3 aromatic rings. The molecule has 2 aromatic carbocycles. The number of anilines is 1. The summed E-state index contributed by atoms with van der Waals surface area (Å²) in [5, 5.41) is 2.18. The Kier molecular flexibility index (Phi) is 6.26. The van der Waals surface area contributed by atoms with Crippen molar-refractivity contribution >= 4 is 35.6 Å². The van der Waals surface area contributed by atoms with E-state index in [1.165, 1.54) is 13.2 Å². The number of imide groups is 2. The number of rotatable bonds is 6. The summed E-state index contributed by atoms with van der Waals surface area (Å²) < 4.78 is 16.0. The number of carbonyl (C=O) groups is 4. The van der Waals surface area contributed by atoms with E-state index in [0.29, 0.717) is 29.2 Å². The Balaban J connectivity index is 1.64. The van der Waals surface area contributed by atoms with Gasteiger partial charge in [-0.05, 0) is 49.4 Å². The highest BCUT2D eigenvalue weighted by Crippen LogP contribution is 2.31. The third-order valence-electron chi connectivity index (χ3n) is 5.01. The first-order valence-corrected chi connectivity index (χ1v) is 10.3. The number of esters is 1. The quantitative estimate of drug-likeness (QED) is 0.338. The molecule has 0 radical (unpaired) electrons.